The Morgan fingerprint density at radius 3 is 2.95 bits per heavy atom. The largest absolute Gasteiger partial charge is 0.481 e. The fourth-order valence-electron chi connectivity index (χ4n) is 2.72. The summed E-state index contributed by atoms with van der Waals surface area (Å²) in [6.07, 6.45) is 4.00. The predicted octanol–water partition coefficient (Wildman–Crippen LogP) is 3.44. The van der Waals surface area contributed by atoms with E-state index in [4.69, 9.17) is 22.0 Å². The summed E-state index contributed by atoms with van der Waals surface area (Å²) in [7, 11) is 0. The highest BCUT2D eigenvalue weighted by Gasteiger charge is 2.24. The maximum absolute atomic E-state index is 10.8. The first kappa shape index (κ1) is 14.7. The standard InChI is InChI=1S/C15H17ClN2O2/c16-13-9-11(10-17)4-6-14(13)18-8-2-1-3-12(18)5-7-15(19)20/h4,6,9,12H,1-3,5,7-8H2,(H,19,20). The third-order valence-corrected chi connectivity index (χ3v) is 4.01. The molecule has 1 atom stereocenters. The van der Waals surface area contributed by atoms with Gasteiger partial charge in [-0.25, -0.2) is 0 Å². The van der Waals surface area contributed by atoms with E-state index in [9.17, 15) is 4.79 Å². The number of aliphatic carboxylic acids is 1. The lowest BCUT2D eigenvalue weighted by Gasteiger charge is -2.38. The fraction of sp³-hybridized carbons (Fsp3) is 0.467. The molecule has 1 aliphatic heterocycles. The van der Waals surface area contributed by atoms with E-state index in [1.807, 2.05) is 6.07 Å². The van der Waals surface area contributed by atoms with Crippen LogP contribution in [0.2, 0.25) is 5.02 Å². The van der Waals surface area contributed by atoms with Gasteiger partial charge in [0, 0.05) is 19.0 Å². The molecule has 20 heavy (non-hydrogen) atoms. The van der Waals surface area contributed by atoms with E-state index in [1.165, 1.54) is 0 Å². The van der Waals surface area contributed by atoms with Crippen molar-refractivity contribution >= 4 is 23.3 Å². The smallest absolute Gasteiger partial charge is 0.303 e. The lowest BCUT2D eigenvalue weighted by atomic mass is 9.97. The average molecular weight is 293 g/mol. The number of halogens is 1. The van der Waals surface area contributed by atoms with Crippen molar-refractivity contribution in [2.24, 2.45) is 0 Å². The van der Waals surface area contributed by atoms with Crippen LogP contribution in [0.3, 0.4) is 0 Å². The molecule has 0 spiro atoms. The second kappa shape index (κ2) is 6.62. The molecule has 0 amide bonds. The Labute approximate surface area is 123 Å². The average Bonchev–Trinajstić information content (AvgIpc) is 2.45. The van der Waals surface area contributed by atoms with Gasteiger partial charge in [-0.2, -0.15) is 5.26 Å². The van der Waals surface area contributed by atoms with Crippen LogP contribution in [0.5, 0.6) is 0 Å². The number of hydrogen-bond acceptors (Lipinski definition) is 3. The summed E-state index contributed by atoms with van der Waals surface area (Å²) in [5, 5.41) is 18.3. The van der Waals surface area contributed by atoms with Crippen LogP contribution in [0, 0.1) is 11.3 Å². The Morgan fingerprint density at radius 1 is 1.50 bits per heavy atom. The zero-order valence-electron chi connectivity index (χ0n) is 11.2. The van der Waals surface area contributed by atoms with E-state index >= 15 is 0 Å². The molecule has 0 aromatic heterocycles. The molecule has 1 heterocycles. The molecule has 1 aromatic rings. The van der Waals surface area contributed by atoms with Crippen molar-refractivity contribution in [1.29, 1.82) is 5.26 Å². The van der Waals surface area contributed by atoms with E-state index < -0.39 is 5.97 Å². The predicted molar refractivity (Wildman–Crippen MR) is 78.0 cm³/mol. The van der Waals surface area contributed by atoms with Gasteiger partial charge in [0.2, 0.25) is 0 Å². The molecule has 4 nitrogen and oxygen atoms in total. The molecule has 0 bridgehead atoms. The number of nitrogens with zero attached hydrogens (tertiary/aromatic N) is 2. The minimum absolute atomic E-state index is 0.176. The van der Waals surface area contributed by atoms with Gasteiger partial charge in [-0.05, 0) is 43.9 Å². The minimum Gasteiger partial charge on any atom is -0.481 e. The Morgan fingerprint density at radius 2 is 2.30 bits per heavy atom. The monoisotopic (exact) mass is 292 g/mol. The number of anilines is 1. The van der Waals surface area contributed by atoms with Gasteiger partial charge < -0.3 is 10.0 Å². The van der Waals surface area contributed by atoms with Crippen LogP contribution in [-0.2, 0) is 4.79 Å². The summed E-state index contributed by atoms with van der Waals surface area (Å²) in [6, 6.07) is 7.56. The molecule has 5 heteroatoms. The Hall–Kier alpha value is -1.73. The number of nitriles is 1. The second-order valence-electron chi connectivity index (χ2n) is 5.05. The van der Waals surface area contributed by atoms with Crippen LogP contribution in [-0.4, -0.2) is 23.7 Å². The third-order valence-electron chi connectivity index (χ3n) is 3.70. The van der Waals surface area contributed by atoms with Crippen molar-refractivity contribution < 1.29 is 9.90 Å². The first-order valence-electron chi connectivity index (χ1n) is 6.80. The molecule has 106 valence electrons. The second-order valence-corrected chi connectivity index (χ2v) is 5.46. The van der Waals surface area contributed by atoms with Gasteiger partial charge in [0.15, 0.2) is 0 Å². The van der Waals surface area contributed by atoms with Crippen molar-refractivity contribution in [2.45, 2.75) is 38.1 Å². The summed E-state index contributed by atoms with van der Waals surface area (Å²) in [4.78, 5) is 12.9. The van der Waals surface area contributed by atoms with Crippen molar-refractivity contribution in [3.63, 3.8) is 0 Å². The maximum atomic E-state index is 10.8. The van der Waals surface area contributed by atoms with Crippen LogP contribution in [0.4, 0.5) is 5.69 Å². The van der Waals surface area contributed by atoms with Crippen molar-refractivity contribution in [1.82, 2.24) is 0 Å². The van der Waals surface area contributed by atoms with Crippen LogP contribution in [0.15, 0.2) is 18.2 Å². The molecule has 1 saturated heterocycles. The van der Waals surface area contributed by atoms with Gasteiger partial charge in [0.05, 0.1) is 22.3 Å². The van der Waals surface area contributed by atoms with Gasteiger partial charge in [0.25, 0.3) is 0 Å². The molecule has 0 saturated carbocycles. The molecular formula is C15H17ClN2O2. The summed E-state index contributed by atoms with van der Waals surface area (Å²) < 4.78 is 0. The molecular weight excluding hydrogens is 276 g/mol. The van der Waals surface area contributed by atoms with E-state index in [0.717, 1.165) is 31.5 Å². The molecule has 2 rings (SSSR count). The summed E-state index contributed by atoms with van der Waals surface area (Å²) in [6.45, 7) is 0.885. The van der Waals surface area contributed by atoms with Gasteiger partial charge in [-0.1, -0.05) is 11.6 Å². The van der Waals surface area contributed by atoms with Crippen molar-refractivity contribution in [2.75, 3.05) is 11.4 Å². The van der Waals surface area contributed by atoms with Gasteiger partial charge >= 0.3 is 5.97 Å². The molecule has 0 aliphatic carbocycles. The number of carbonyl (C=O) groups is 1. The number of hydrogen-bond donors (Lipinski definition) is 1. The van der Waals surface area contributed by atoms with E-state index in [-0.39, 0.29) is 12.5 Å². The van der Waals surface area contributed by atoms with Gasteiger partial charge in [0.1, 0.15) is 0 Å². The lowest BCUT2D eigenvalue weighted by Crippen LogP contribution is -2.40. The molecule has 0 radical (unpaired) electrons. The Kier molecular flexibility index (Phi) is 4.86. The maximum Gasteiger partial charge on any atom is 0.303 e. The van der Waals surface area contributed by atoms with E-state index in [2.05, 4.69) is 11.0 Å². The van der Waals surface area contributed by atoms with Crippen molar-refractivity contribution in [3.8, 4) is 6.07 Å². The summed E-state index contributed by atoms with van der Waals surface area (Å²) >= 11 is 6.26. The Balaban J connectivity index is 2.19. The van der Waals surface area contributed by atoms with E-state index in [0.29, 0.717) is 17.0 Å². The minimum atomic E-state index is -0.763. The highest BCUT2D eigenvalue weighted by atomic mass is 35.5. The fourth-order valence-corrected chi connectivity index (χ4v) is 3.01. The molecule has 1 fully saturated rings. The zero-order chi connectivity index (χ0) is 14.5. The van der Waals surface area contributed by atoms with Gasteiger partial charge in [-0.3, -0.25) is 4.79 Å². The SMILES string of the molecule is N#Cc1ccc(N2CCCCC2CCC(=O)O)c(Cl)c1. The summed E-state index contributed by atoms with van der Waals surface area (Å²) in [5.74, 6) is -0.763. The number of piperidine rings is 1. The number of rotatable bonds is 4. The van der Waals surface area contributed by atoms with Crippen LogP contribution in [0.25, 0.3) is 0 Å². The van der Waals surface area contributed by atoms with Crippen LogP contribution in [0.1, 0.15) is 37.7 Å². The first-order valence-corrected chi connectivity index (χ1v) is 7.17. The first-order chi connectivity index (χ1) is 9.61. The third kappa shape index (κ3) is 3.43. The zero-order valence-corrected chi connectivity index (χ0v) is 11.9. The topological polar surface area (TPSA) is 64.3 Å². The molecule has 1 unspecified atom stereocenters. The number of carboxylic acid groups (broad SMARTS) is 1. The van der Waals surface area contributed by atoms with Crippen LogP contribution >= 0.6 is 11.6 Å². The lowest BCUT2D eigenvalue weighted by molar-refractivity contribution is -0.137. The number of carboxylic acids is 1. The highest BCUT2D eigenvalue weighted by molar-refractivity contribution is 6.33. The van der Waals surface area contributed by atoms with Crippen molar-refractivity contribution in [3.05, 3.63) is 28.8 Å². The summed E-state index contributed by atoms with van der Waals surface area (Å²) in [5.41, 5.74) is 1.44. The van der Waals surface area contributed by atoms with E-state index in [1.54, 1.807) is 12.1 Å². The Bertz CT molecular complexity index is 539. The number of benzene rings is 1. The van der Waals surface area contributed by atoms with Gasteiger partial charge in [-0.15, -0.1) is 0 Å². The van der Waals surface area contributed by atoms with Crippen LogP contribution < -0.4 is 4.90 Å². The highest BCUT2D eigenvalue weighted by Crippen LogP contribution is 2.33. The molecule has 1 aromatic carbocycles. The normalized spacial score (nSPS) is 18.6. The molecule has 1 aliphatic rings. The molecule has 1 N–H and O–H groups in total. The quantitative estimate of drug-likeness (QED) is 0.923.